The molecule has 2 aliphatic rings. The Morgan fingerprint density at radius 3 is 2.56 bits per heavy atom. The monoisotopic (exact) mass is 253 g/mol. The summed E-state index contributed by atoms with van der Waals surface area (Å²) in [5, 5.41) is 3.35. The van der Waals surface area contributed by atoms with Crippen molar-refractivity contribution in [1.82, 2.24) is 15.1 Å². The van der Waals surface area contributed by atoms with Crippen molar-refractivity contribution in [2.24, 2.45) is 11.8 Å². The number of rotatable bonds is 3. The van der Waals surface area contributed by atoms with Crippen LogP contribution in [0.4, 0.5) is 0 Å². The largest absolute Gasteiger partial charge is 0.341 e. The number of nitrogens with one attached hydrogen (secondary N) is 1. The van der Waals surface area contributed by atoms with Crippen LogP contribution in [0.3, 0.4) is 0 Å². The molecule has 2 saturated heterocycles. The van der Waals surface area contributed by atoms with Crippen LogP contribution in [0.5, 0.6) is 0 Å². The zero-order valence-corrected chi connectivity index (χ0v) is 12.0. The van der Waals surface area contributed by atoms with Crippen LogP contribution >= 0.6 is 0 Å². The van der Waals surface area contributed by atoms with Gasteiger partial charge in [-0.05, 0) is 38.3 Å². The van der Waals surface area contributed by atoms with Gasteiger partial charge in [0.2, 0.25) is 5.91 Å². The summed E-state index contributed by atoms with van der Waals surface area (Å²) in [7, 11) is 2.08. The minimum atomic E-state index is 0.308. The summed E-state index contributed by atoms with van der Waals surface area (Å²) < 4.78 is 0. The first-order valence-corrected chi connectivity index (χ1v) is 7.25. The van der Waals surface area contributed by atoms with Gasteiger partial charge in [-0.3, -0.25) is 9.69 Å². The van der Waals surface area contributed by atoms with Gasteiger partial charge in [-0.15, -0.1) is 0 Å². The van der Waals surface area contributed by atoms with E-state index in [-0.39, 0.29) is 0 Å². The fourth-order valence-electron chi connectivity index (χ4n) is 3.32. The molecule has 2 heterocycles. The number of carbonyl (C=O) groups excluding carboxylic acids is 1. The van der Waals surface area contributed by atoms with Crippen molar-refractivity contribution in [2.75, 3.05) is 39.8 Å². The Hall–Kier alpha value is -0.610. The fourth-order valence-corrected chi connectivity index (χ4v) is 3.32. The Bertz CT molecular complexity index is 279. The van der Waals surface area contributed by atoms with Gasteiger partial charge in [0.1, 0.15) is 0 Å². The van der Waals surface area contributed by atoms with Crippen LogP contribution < -0.4 is 5.32 Å². The third-order valence-electron chi connectivity index (χ3n) is 4.26. The smallest absolute Gasteiger partial charge is 0.236 e. The van der Waals surface area contributed by atoms with E-state index in [4.69, 9.17) is 0 Å². The first kappa shape index (κ1) is 13.8. The van der Waals surface area contributed by atoms with Gasteiger partial charge in [0.25, 0.3) is 0 Å². The van der Waals surface area contributed by atoms with Crippen molar-refractivity contribution < 1.29 is 4.79 Å². The fraction of sp³-hybridized carbons (Fsp3) is 0.929. The van der Waals surface area contributed by atoms with Crippen LogP contribution in [0.2, 0.25) is 0 Å². The molecule has 0 aliphatic carbocycles. The molecule has 3 atom stereocenters. The van der Waals surface area contributed by atoms with E-state index in [9.17, 15) is 4.79 Å². The van der Waals surface area contributed by atoms with Crippen molar-refractivity contribution in [3.8, 4) is 0 Å². The van der Waals surface area contributed by atoms with E-state index >= 15 is 0 Å². The van der Waals surface area contributed by atoms with Crippen molar-refractivity contribution in [3.05, 3.63) is 0 Å². The highest BCUT2D eigenvalue weighted by atomic mass is 16.2. The molecule has 0 bridgehead atoms. The summed E-state index contributed by atoms with van der Waals surface area (Å²) in [6.45, 7) is 9.07. The molecule has 2 rings (SSSR count). The molecule has 0 aromatic rings. The summed E-state index contributed by atoms with van der Waals surface area (Å²) in [5.74, 6) is 1.61. The van der Waals surface area contributed by atoms with Gasteiger partial charge in [-0.1, -0.05) is 13.8 Å². The zero-order chi connectivity index (χ0) is 13.1. The molecule has 1 amide bonds. The number of piperidine rings is 1. The Kier molecular flexibility index (Phi) is 4.62. The molecular formula is C14H27N3O. The Labute approximate surface area is 111 Å². The maximum atomic E-state index is 12.3. The Morgan fingerprint density at radius 1 is 1.33 bits per heavy atom. The lowest BCUT2D eigenvalue weighted by Crippen LogP contribution is -2.48. The predicted octanol–water partition coefficient (Wildman–Crippen LogP) is 0.785. The highest BCUT2D eigenvalue weighted by Gasteiger charge is 2.27. The first-order chi connectivity index (χ1) is 8.56. The summed E-state index contributed by atoms with van der Waals surface area (Å²) in [6.07, 6.45) is 2.42. The van der Waals surface area contributed by atoms with E-state index in [1.165, 1.54) is 6.42 Å². The maximum Gasteiger partial charge on any atom is 0.236 e. The lowest BCUT2D eigenvalue weighted by molar-refractivity contribution is -0.135. The molecule has 0 radical (unpaired) electrons. The normalized spacial score (nSPS) is 33.1. The highest BCUT2D eigenvalue weighted by molar-refractivity contribution is 5.78. The van der Waals surface area contributed by atoms with Crippen LogP contribution in [-0.2, 0) is 4.79 Å². The van der Waals surface area contributed by atoms with Crippen LogP contribution in [0.15, 0.2) is 0 Å². The molecule has 0 aromatic heterocycles. The summed E-state index contributed by atoms with van der Waals surface area (Å²) in [4.78, 5) is 16.6. The van der Waals surface area contributed by atoms with Crippen LogP contribution in [0.25, 0.3) is 0 Å². The number of hydrogen-bond donors (Lipinski definition) is 1. The predicted molar refractivity (Wildman–Crippen MR) is 73.4 cm³/mol. The van der Waals surface area contributed by atoms with E-state index in [1.54, 1.807) is 0 Å². The summed E-state index contributed by atoms with van der Waals surface area (Å²) in [6, 6.07) is 0.536. The van der Waals surface area contributed by atoms with E-state index in [0.29, 0.717) is 30.3 Å². The molecular weight excluding hydrogens is 226 g/mol. The number of amides is 1. The van der Waals surface area contributed by atoms with E-state index < -0.39 is 0 Å². The molecule has 3 unspecified atom stereocenters. The van der Waals surface area contributed by atoms with Crippen LogP contribution in [0, 0.1) is 11.8 Å². The van der Waals surface area contributed by atoms with Gasteiger partial charge in [-0.2, -0.15) is 0 Å². The van der Waals surface area contributed by atoms with Gasteiger partial charge in [-0.25, -0.2) is 0 Å². The van der Waals surface area contributed by atoms with Gasteiger partial charge < -0.3 is 10.2 Å². The minimum absolute atomic E-state index is 0.308. The molecule has 4 nitrogen and oxygen atoms in total. The average molecular weight is 253 g/mol. The van der Waals surface area contributed by atoms with Gasteiger partial charge in [0, 0.05) is 25.7 Å². The quantitative estimate of drug-likeness (QED) is 0.807. The second kappa shape index (κ2) is 6.02. The number of nitrogens with zero attached hydrogens (tertiary/aromatic N) is 2. The number of hydrogen-bond acceptors (Lipinski definition) is 3. The highest BCUT2D eigenvalue weighted by Crippen LogP contribution is 2.21. The lowest BCUT2D eigenvalue weighted by atomic mass is 9.92. The summed E-state index contributed by atoms with van der Waals surface area (Å²) >= 11 is 0. The van der Waals surface area contributed by atoms with Crippen LogP contribution in [0.1, 0.15) is 26.7 Å². The third-order valence-corrected chi connectivity index (χ3v) is 4.26. The van der Waals surface area contributed by atoms with E-state index in [0.717, 1.165) is 32.6 Å². The average Bonchev–Trinajstić information content (AvgIpc) is 2.80. The minimum Gasteiger partial charge on any atom is -0.341 e. The number of likely N-dealkylation sites (tertiary alicyclic amines) is 1. The molecule has 2 fully saturated rings. The van der Waals surface area contributed by atoms with Crippen molar-refractivity contribution in [3.63, 3.8) is 0 Å². The molecule has 18 heavy (non-hydrogen) atoms. The molecule has 0 spiro atoms. The Morgan fingerprint density at radius 2 is 2.00 bits per heavy atom. The topological polar surface area (TPSA) is 35.6 Å². The number of carbonyl (C=O) groups is 1. The van der Waals surface area contributed by atoms with Gasteiger partial charge in [0.15, 0.2) is 0 Å². The van der Waals surface area contributed by atoms with Gasteiger partial charge >= 0.3 is 0 Å². The SMILES string of the molecule is CC1CC(C)CN(C(=O)CN(C)C2CCNC2)C1. The first-order valence-electron chi connectivity index (χ1n) is 7.25. The second-order valence-electron chi connectivity index (χ2n) is 6.31. The van der Waals surface area contributed by atoms with Crippen molar-refractivity contribution >= 4 is 5.91 Å². The lowest BCUT2D eigenvalue weighted by Gasteiger charge is -2.36. The maximum absolute atomic E-state index is 12.3. The molecule has 104 valence electrons. The summed E-state index contributed by atoms with van der Waals surface area (Å²) in [5.41, 5.74) is 0. The standard InChI is InChI=1S/C14H27N3O/c1-11-6-12(2)9-17(8-11)14(18)10-16(3)13-4-5-15-7-13/h11-13,15H,4-10H2,1-3H3. The Balaban J connectivity index is 1.83. The third kappa shape index (κ3) is 3.45. The molecule has 0 saturated carbocycles. The van der Waals surface area contributed by atoms with Crippen molar-refractivity contribution in [1.29, 1.82) is 0 Å². The van der Waals surface area contributed by atoms with Crippen molar-refractivity contribution in [2.45, 2.75) is 32.7 Å². The van der Waals surface area contributed by atoms with Gasteiger partial charge in [0.05, 0.1) is 6.54 Å². The van der Waals surface area contributed by atoms with Crippen LogP contribution in [-0.4, -0.2) is 61.5 Å². The molecule has 0 aromatic carbocycles. The molecule has 1 N–H and O–H groups in total. The second-order valence-corrected chi connectivity index (χ2v) is 6.31. The number of likely N-dealkylation sites (N-methyl/N-ethyl adjacent to an activating group) is 1. The molecule has 2 aliphatic heterocycles. The zero-order valence-electron chi connectivity index (χ0n) is 12.0. The molecule has 4 heteroatoms. The van der Waals surface area contributed by atoms with E-state index in [1.807, 2.05) is 0 Å². The van der Waals surface area contributed by atoms with E-state index in [2.05, 4.69) is 36.0 Å².